The van der Waals surface area contributed by atoms with Gasteiger partial charge in [-0.15, -0.1) is 35.3 Å². The number of hydrogen-bond donors (Lipinski definition) is 3. The summed E-state index contributed by atoms with van der Waals surface area (Å²) >= 11 is 1.69. The van der Waals surface area contributed by atoms with Gasteiger partial charge in [-0.05, 0) is 44.7 Å². The molecule has 1 aromatic rings. The van der Waals surface area contributed by atoms with Gasteiger partial charge in [-0.1, -0.05) is 0 Å². The second-order valence-electron chi connectivity index (χ2n) is 5.83. The van der Waals surface area contributed by atoms with E-state index < -0.39 is 15.6 Å². The summed E-state index contributed by atoms with van der Waals surface area (Å²) in [7, 11) is -3.24. The summed E-state index contributed by atoms with van der Waals surface area (Å²) in [5.74, 6) is 0.679. The first-order valence-electron chi connectivity index (χ1n) is 7.17. The van der Waals surface area contributed by atoms with Crippen LogP contribution < -0.4 is 15.4 Å². The number of halogens is 1. The van der Waals surface area contributed by atoms with Crippen LogP contribution in [-0.2, 0) is 16.6 Å². The van der Waals surface area contributed by atoms with Crippen LogP contribution in [0.15, 0.2) is 16.4 Å². The standard InChI is InChI=1S/C14H26N4O2S2.HI/c1-6-15-13(16-9-12-11(2)7-8-21-12)17-10-14(3,4)18-22(5,19)20;/h7-8,18H,6,9-10H2,1-5H3,(H2,15,16,17);1H. The summed E-state index contributed by atoms with van der Waals surface area (Å²) in [5.41, 5.74) is 0.645. The van der Waals surface area contributed by atoms with E-state index in [0.29, 0.717) is 19.0 Å². The Bertz CT molecular complexity index is 612. The maximum atomic E-state index is 11.4. The predicted octanol–water partition coefficient (Wildman–Crippen LogP) is 2.06. The van der Waals surface area contributed by atoms with Crippen LogP contribution in [0.3, 0.4) is 0 Å². The molecule has 0 fully saturated rings. The number of aliphatic imine (C=N–C) groups is 1. The van der Waals surface area contributed by atoms with Crippen LogP contribution in [0.4, 0.5) is 0 Å². The number of guanidine groups is 1. The highest BCUT2D eigenvalue weighted by Gasteiger charge is 2.22. The van der Waals surface area contributed by atoms with Gasteiger partial charge in [0.05, 0.1) is 12.8 Å². The van der Waals surface area contributed by atoms with E-state index in [-0.39, 0.29) is 24.0 Å². The van der Waals surface area contributed by atoms with Gasteiger partial charge >= 0.3 is 0 Å². The zero-order valence-electron chi connectivity index (χ0n) is 14.3. The highest BCUT2D eigenvalue weighted by molar-refractivity contribution is 14.0. The molecule has 0 bridgehead atoms. The molecular formula is C14H27IN4O2S2. The van der Waals surface area contributed by atoms with Crippen molar-refractivity contribution in [2.24, 2.45) is 4.99 Å². The molecule has 0 aliphatic heterocycles. The first kappa shape index (κ1) is 22.6. The van der Waals surface area contributed by atoms with Crippen molar-refractivity contribution >= 4 is 51.3 Å². The predicted molar refractivity (Wildman–Crippen MR) is 109 cm³/mol. The van der Waals surface area contributed by atoms with E-state index in [1.165, 1.54) is 10.4 Å². The second kappa shape index (κ2) is 9.80. The molecule has 0 aliphatic rings. The second-order valence-corrected chi connectivity index (χ2v) is 8.58. The maximum absolute atomic E-state index is 11.4. The molecule has 0 radical (unpaired) electrons. The summed E-state index contributed by atoms with van der Waals surface area (Å²) in [4.78, 5) is 5.77. The molecule has 0 aromatic carbocycles. The van der Waals surface area contributed by atoms with Crippen LogP contribution in [0.5, 0.6) is 0 Å². The van der Waals surface area contributed by atoms with Crippen molar-refractivity contribution in [1.29, 1.82) is 0 Å². The average molecular weight is 474 g/mol. The van der Waals surface area contributed by atoms with E-state index in [1.807, 2.05) is 20.8 Å². The fourth-order valence-corrected chi connectivity index (χ4v) is 3.81. The normalized spacial score (nSPS) is 12.7. The fraction of sp³-hybridized carbons (Fsp3) is 0.643. The Hall–Kier alpha value is -0.390. The molecule has 0 saturated heterocycles. The Morgan fingerprint density at radius 3 is 2.48 bits per heavy atom. The Morgan fingerprint density at radius 2 is 2.00 bits per heavy atom. The summed E-state index contributed by atoms with van der Waals surface area (Å²) in [6, 6.07) is 2.08. The monoisotopic (exact) mass is 474 g/mol. The SMILES string of the molecule is CCNC(=NCc1sccc1C)NCC(C)(C)NS(C)(=O)=O.I. The summed E-state index contributed by atoms with van der Waals surface area (Å²) in [5, 5.41) is 8.40. The fourth-order valence-electron chi connectivity index (χ4n) is 1.90. The van der Waals surface area contributed by atoms with E-state index in [4.69, 9.17) is 0 Å². The van der Waals surface area contributed by atoms with E-state index >= 15 is 0 Å². The third kappa shape index (κ3) is 9.48. The molecule has 1 heterocycles. The van der Waals surface area contributed by atoms with Gasteiger partial charge in [0.25, 0.3) is 0 Å². The highest BCUT2D eigenvalue weighted by atomic mass is 127. The Balaban J connectivity index is 0.00000484. The molecule has 6 nitrogen and oxygen atoms in total. The lowest BCUT2D eigenvalue weighted by Gasteiger charge is -2.26. The molecule has 9 heteroatoms. The van der Waals surface area contributed by atoms with Crippen LogP contribution in [-0.4, -0.2) is 39.3 Å². The molecule has 0 spiro atoms. The lowest BCUT2D eigenvalue weighted by atomic mass is 10.1. The van der Waals surface area contributed by atoms with Gasteiger partial charge in [0.2, 0.25) is 10.0 Å². The molecule has 0 aliphatic carbocycles. The van der Waals surface area contributed by atoms with Gasteiger partial charge in [0, 0.05) is 23.5 Å². The van der Waals surface area contributed by atoms with Crippen molar-refractivity contribution in [3.8, 4) is 0 Å². The van der Waals surface area contributed by atoms with E-state index in [1.54, 1.807) is 11.3 Å². The van der Waals surface area contributed by atoms with Crippen LogP contribution in [0, 0.1) is 6.92 Å². The first-order chi connectivity index (χ1) is 10.1. The van der Waals surface area contributed by atoms with Crippen molar-refractivity contribution in [1.82, 2.24) is 15.4 Å². The number of nitrogens with zero attached hydrogens (tertiary/aromatic N) is 1. The highest BCUT2D eigenvalue weighted by Crippen LogP contribution is 2.16. The van der Waals surface area contributed by atoms with Gasteiger partial charge < -0.3 is 10.6 Å². The van der Waals surface area contributed by atoms with E-state index in [9.17, 15) is 8.42 Å². The maximum Gasteiger partial charge on any atom is 0.209 e. The number of hydrogen-bond acceptors (Lipinski definition) is 4. The molecule has 0 unspecified atom stereocenters. The van der Waals surface area contributed by atoms with Gasteiger partial charge in [-0.25, -0.2) is 18.1 Å². The summed E-state index contributed by atoms with van der Waals surface area (Å²) in [6.07, 6.45) is 1.16. The lowest BCUT2D eigenvalue weighted by molar-refractivity contribution is 0.446. The number of rotatable bonds is 7. The number of sulfonamides is 1. The first-order valence-corrected chi connectivity index (χ1v) is 9.94. The topological polar surface area (TPSA) is 82.6 Å². The van der Waals surface area contributed by atoms with E-state index in [0.717, 1.165) is 12.8 Å². The number of aryl methyl sites for hydroxylation is 1. The Morgan fingerprint density at radius 1 is 1.35 bits per heavy atom. The third-order valence-corrected chi connectivity index (χ3v) is 4.78. The molecule has 1 aromatic heterocycles. The minimum atomic E-state index is -3.24. The Kier molecular flexibility index (Phi) is 9.63. The molecule has 0 amide bonds. The zero-order chi connectivity index (χ0) is 16.8. The van der Waals surface area contributed by atoms with Gasteiger partial charge in [-0.2, -0.15) is 0 Å². The van der Waals surface area contributed by atoms with Gasteiger partial charge in [-0.3, -0.25) is 0 Å². The number of thiophene rings is 1. The smallest absolute Gasteiger partial charge is 0.209 e. The summed E-state index contributed by atoms with van der Waals surface area (Å²) in [6.45, 7) is 9.51. The lowest BCUT2D eigenvalue weighted by Crippen LogP contribution is -2.53. The Labute approximate surface area is 160 Å². The minimum Gasteiger partial charge on any atom is -0.357 e. The third-order valence-electron chi connectivity index (χ3n) is 2.85. The molecule has 134 valence electrons. The molecule has 3 N–H and O–H groups in total. The van der Waals surface area contributed by atoms with Gasteiger partial charge in [0.1, 0.15) is 0 Å². The molecule has 0 saturated carbocycles. The van der Waals surface area contributed by atoms with E-state index in [2.05, 4.69) is 38.7 Å². The van der Waals surface area contributed by atoms with Gasteiger partial charge in [0.15, 0.2) is 5.96 Å². The van der Waals surface area contributed by atoms with Crippen LogP contribution in [0.25, 0.3) is 0 Å². The van der Waals surface area contributed by atoms with Crippen molar-refractivity contribution in [2.75, 3.05) is 19.3 Å². The largest absolute Gasteiger partial charge is 0.357 e. The van der Waals surface area contributed by atoms with Crippen molar-refractivity contribution in [2.45, 2.75) is 39.8 Å². The molecule has 0 atom stereocenters. The molecule has 23 heavy (non-hydrogen) atoms. The minimum absolute atomic E-state index is 0. The number of nitrogens with one attached hydrogen (secondary N) is 3. The quantitative estimate of drug-likeness (QED) is 0.321. The zero-order valence-corrected chi connectivity index (χ0v) is 18.2. The van der Waals surface area contributed by atoms with Crippen LogP contribution in [0.2, 0.25) is 0 Å². The van der Waals surface area contributed by atoms with Crippen molar-refractivity contribution < 1.29 is 8.42 Å². The average Bonchev–Trinajstić information content (AvgIpc) is 2.75. The van der Waals surface area contributed by atoms with Crippen molar-refractivity contribution in [3.63, 3.8) is 0 Å². The molecular weight excluding hydrogens is 447 g/mol. The van der Waals surface area contributed by atoms with Crippen LogP contribution >= 0.6 is 35.3 Å². The van der Waals surface area contributed by atoms with Crippen LogP contribution in [0.1, 0.15) is 31.2 Å². The molecule has 1 rings (SSSR count). The van der Waals surface area contributed by atoms with Crippen molar-refractivity contribution in [3.05, 3.63) is 21.9 Å². The summed E-state index contributed by atoms with van der Waals surface area (Å²) < 4.78 is 25.3.